The van der Waals surface area contributed by atoms with E-state index in [-0.39, 0.29) is 10.8 Å². The van der Waals surface area contributed by atoms with Gasteiger partial charge in [0, 0.05) is 0 Å². The molecule has 0 heteroatoms. The Balaban J connectivity index is 0.000000152. The Morgan fingerprint density at radius 2 is 0.295 bits per heavy atom. The summed E-state index contributed by atoms with van der Waals surface area (Å²) in [4.78, 5) is 0. The van der Waals surface area contributed by atoms with Gasteiger partial charge < -0.3 is 0 Å². The van der Waals surface area contributed by atoms with Gasteiger partial charge in [0.2, 0.25) is 0 Å². The van der Waals surface area contributed by atoms with Gasteiger partial charge in [0.25, 0.3) is 0 Å². The third kappa shape index (κ3) is 12.8. The minimum atomic E-state index is 0.143. The third-order valence-electron chi connectivity index (χ3n) is 23.3. The molecule has 0 aromatic heterocycles. The first-order valence-corrected chi connectivity index (χ1v) is 39.3. The highest BCUT2D eigenvalue weighted by Crippen LogP contribution is 2.48. The predicted molar refractivity (Wildman–Crippen MR) is 485 cm³/mol. The van der Waals surface area contributed by atoms with Crippen molar-refractivity contribution in [2.75, 3.05) is 0 Å². The summed E-state index contributed by atoms with van der Waals surface area (Å²) in [5, 5.41) is 20.1. The average Bonchev–Trinajstić information content (AvgIpc) is 0.740. The zero-order chi connectivity index (χ0) is 75.6. The van der Waals surface area contributed by atoms with Gasteiger partial charge in [-0.15, -0.1) is 0 Å². The summed E-state index contributed by atoms with van der Waals surface area (Å²) in [5.41, 5.74) is 28.0. The molecule has 0 radical (unpaired) electrons. The molecule has 20 aromatic rings. The Morgan fingerprint density at radius 3 is 0.518 bits per heavy atom. The van der Waals surface area contributed by atoms with Crippen LogP contribution in [0.25, 0.3) is 197 Å². The fourth-order valence-electron chi connectivity index (χ4n) is 17.4. The van der Waals surface area contributed by atoms with Crippen LogP contribution in [0.15, 0.2) is 400 Å². The Labute approximate surface area is 656 Å². The van der Waals surface area contributed by atoms with Crippen LogP contribution in [0.2, 0.25) is 0 Å². The summed E-state index contributed by atoms with van der Waals surface area (Å²) in [7, 11) is 0. The molecule has 0 aliphatic heterocycles. The normalized spacial score (nSPS) is 11.8. The van der Waals surface area contributed by atoms with E-state index in [1.807, 2.05) is 0 Å². The van der Waals surface area contributed by atoms with Crippen molar-refractivity contribution in [3.63, 3.8) is 0 Å². The van der Waals surface area contributed by atoms with Crippen molar-refractivity contribution in [3.05, 3.63) is 412 Å². The lowest BCUT2D eigenvalue weighted by atomic mass is 9.85. The van der Waals surface area contributed by atoms with Crippen LogP contribution in [0.1, 0.15) is 52.7 Å². The molecule has 0 unspecified atom stereocenters. The molecule has 20 rings (SSSR count). The molecule has 0 N–H and O–H groups in total. The number of benzene rings is 20. The van der Waals surface area contributed by atoms with E-state index in [0.29, 0.717) is 0 Å². The molecule has 112 heavy (non-hydrogen) atoms. The van der Waals surface area contributed by atoms with Crippen LogP contribution in [0, 0.1) is 0 Å². The zero-order valence-electron chi connectivity index (χ0n) is 64.1. The Bertz CT molecular complexity index is 6600. The molecule has 532 valence electrons. The molecule has 0 saturated carbocycles. The molecule has 0 bridgehead atoms. The second-order valence-corrected chi connectivity index (χ2v) is 32.2. The number of hydrogen-bond acceptors (Lipinski definition) is 0. The van der Waals surface area contributed by atoms with Crippen molar-refractivity contribution < 1.29 is 0 Å². The largest absolute Gasteiger partial charge is 0.0622 e. The lowest BCUT2D eigenvalue weighted by Gasteiger charge is -2.19. The van der Waals surface area contributed by atoms with Crippen molar-refractivity contribution in [2.45, 2.75) is 52.4 Å². The van der Waals surface area contributed by atoms with Crippen molar-refractivity contribution in [3.8, 4) is 111 Å². The van der Waals surface area contributed by atoms with Crippen LogP contribution in [-0.2, 0) is 10.8 Å². The van der Waals surface area contributed by atoms with Gasteiger partial charge in [-0.2, -0.15) is 0 Å². The van der Waals surface area contributed by atoms with E-state index in [2.05, 4.69) is 442 Å². The van der Waals surface area contributed by atoms with Gasteiger partial charge in [0.15, 0.2) is 0 Å². The maximum absolute atomic E-state index is 2.35. The van der Waals surface area contributed by atoms with E-state index in [9.17, 15) is 0 Å². The van der Waals surface area contributed by atoms with E-state index in [4.69, 9.17) is 0 Å². The van der Waals surface area contributed by atoms with E-state index in [1.165, 1.54) is 209 Å². The molecule has 0 atom stereocenters. The van der Waals surface area contributed by atoms with Crippen molar-refractivity contribution in [2.24, 2.45) is 0 Å². The van der Waals surface area contributed by atoms with E-state index in [0.717, 1.165) is 0 Å². The van der Waals surface area contributed by atoms with Crippen LogP contribution in [0.5, 0.6) is 0 Å². The maximum atomic E-state index is 2.35. The smallest absolute Gasteiger partial charge is 0.00987 e. The highest BCUT2D eigenvalue weighted by atomic mass is 14.3. The summed E-state index contributed by atoms with van der Waals surface area (Å²) in [5.74, 6) is 0. The third-order valence-corrected chi connectivity index (χ3v) is 23.3. The monoisotopic (exact) mass is 1430 g/mol. The first-order chi connectivity index (χ1) is 54.8. The van der Waals surface area contributed by atoms with Gasteiger partial charge >= 0.3 is 0 Å². The highest BCUT2D eigenvalue weighted by molar-refractivity contribution is 6.18. The zero-order valence-corrected chi connectivity index (χ0v) is 64.1. The minimum Gasteiger partial charge on any atom is -0.0622 e. The second-order valence-electron chi connectivity index (χ2n) is 32.2. The van der Waals surface area contributed by atoms with Crippen LogP contribution in [0.3, 0.4) is 0 Å². The van der Waals surface area contributed by atoms with Crippen molar-refractivity contribution in [1.82, 2.24) is 0 Å². The van der Waals surface area contributed by atoms with Gasteiger partial charge in [-0.3, -0.25) is 0 Å². The number of fused-ring (bicyclic) bond motifs is 8. The van der Waals surface area contributed by atoms with Gasteiger partial charge in [0.05, 0.1) is 0 Å². The summed E-state index contributed by atoms with van der Waals surface area (Å²) < 4.78 is 0. The van der Waals surface area contributed by atoms with Crippen molar-refractivity contribution in [1.29, 1.82) is 0 Å². The van der Waals surface area contributed by atoms with Crippen LogP contribution >= 0.6 is 0 Å². The van der Waals surface area contributed by atoms with Crippen LogP contribution in [0.4, 0.5) is 0 Å². The van der Waals surface area contributed by atoms with E-state index >= 15 is 0 Å². The second kappa shape index (κ2) is 28.5. The summed E-state index contributed by atoms with van der Waals surface area (Å²) in [6.45, 7) is 13.6. The molecule has 0 heterocycles. The minimum absolute atomic E-state index is 0.143. The lowest BCUT2D eigenvalue weighted by Crippen LogP contribution is -2.10. The molecule has 0 fully saturated rings. The average molecular weight is 1430 g/mol. The molecular formula is C112H84. The molecule has 0 aliphatic carbocycles. The number of rotatable bonds is 10. The maximum Gasteiger partial charge on any atom is -0.00987 e. The fourth-order valence-corrected chi connectivity index (χ4v) is 17.4. The molecule has 0 aliphatic rings. The predicted octanol–water partition coefficient (Wildman–Crippen LogP) is 31.9. The number of hydrogen-bond donors (Lipinski definition) is 0. The quantitative estimate of drug-likeness (QED) is 0.128. The highest BCUT2D eigenvalue weighted by Gasteiger charge is 2.22. The van der Waals surface area contributed by atoms with Gasteiger partial charge in [-0.05, 0) is 244 Å². The SMILES string of the molecule is CC(C)(C)c1ccc(-c2ccc3cc(-c4ccc(-c5ccc(-c6ccc7cc(-c8ccc(C(C)(C)C)cc8)ccc7c6)c6ccccc56)c5ccccc45)ccc3c2)cc1.c1ccc(-c2ccc(-c3ccc(-c4ccc(-c5ccc(-c6ccccc6)c6ccccc56)c5ccccc45)c4ccccc34)c3ccccc23)cc1. The Kier molecular flexibility index (Phi) is 17.5. The topological polar surface area (TPSA) is 0 Å². The van der Waals surface area contributed by atoms with Crippen LogP contribution in [-0.4, -0.2) is 0 Å². The van der Waals surface area contributed by atoms with E-state index in [1.54, 1.807) is 0 Å². The summed E-state index contributed by atoms with van der Waals surface area (Å²) in [6, 6.07) is 148. The standard InChI is InChI=1S/C60H50.C52H34/c1-59(2,3)49-27-23-39(24-28-49)41-15-17-45-37-47(21-19-43(45)35-41)51-31-33-57(55-13-9-7-11-53(51)55)58-34-32-52(54-12-8-10-14-56(54)58)48-22-20-44-36-42(16-18-46(44)38-48)40-25-29-50(30-26-40)60(4,5)6;1-3-15-35(16-4-1)37-27-29-47(41-21-9-7-19-39(37)41)49-31-33-51(45-25-13-11-23-43(45)49)52-34-32-50(44-24-12-14-26-46(44)52)48-30-28-38(36-17-5-2-6-18-36)40-20-8-10-22-42(40)48/h7-38H,1-6H3;1-34H. The summed E-state index contributed by atoms with van der Waals surface area (Å²) in [6.07, 6.45) is 0. The molecule has 0 amide bonds. The molecular weight excluding hydrogens is 1350 g/mol. The molecule has 0 spiro atoms. The van der Waals surface area contributed by atoms with Crippen LogP contribution < -0.4 is 0 Å². The summed E-state index contributed by atoms with van der Waals surface area (Å²) >= 11 is 0. The Morgan fingerprint density at radius 1 is 0.125 bits per heavy atom. The van der Waals surface area contributed by atoms with E-state index < -0.39 is 0 Å². The first-order valence-electron chi connectivity index (χ1n) is 39.3. The molecule has 0 saturated heterocycles. The van der Waals surface area contributed by atoms with Crippen molar-refractivity contribution >= 4 is 86.2 Å². The van der Waals surface area contributed by atoms with Gasteiger partial charge in [-0.25, -0.2) is 0 Å². The molecule has 20 aromatic carbocycles. The van der Waals surface area contributed by atoms with Gasteiger partial charge in [0.1, 0.15) is 0 Å². The van der Waals surface area contributed by atoms with Gasteiger partial charge in [-0.1, -0.05) is 418 Å². The molecule has 0 nitrogen and oxygen atoms in total. The Hall–Kier alpha value is -13.5. The first kappa shape index (κ1) is 69.0. The fraction of sp³-hybridized carbons (Fsp3) is 0.0714. The lowest BCUT2D eigenvalue weighted by molar-refractivity contribution is 0.590.